The molecule has 0 bridgehead atoms. The fraction of sp³-hybridized carbons (Fsp3) is 0.562. The molecule has 1 N–H and O–H groups in total. The molecule has 2 amide bonds. The number of anilines is 1. The van der Waals surface area contributed by atoms with Gasteiger partial charge in [-0.2, -0.15) is 0 Å². The highest BCUT2D eigenvalue weighted by Crippen LogP contribution is 2.36. The summed E-state index contributed by atoms with van der Waals surface area (Å²) in [5.74, 6) is 0.636. The quantitative estimate of drug-likeness (QED) is 0.871. The summed E-state index contributed by atoms with van der Waals surface area (Å²) in [6.07, 6.45) is 5.93. The molecule has 2 aromatic rings. The first-order valence-corrected chi connectivity index (χ1v) is 8.52. The van der Waals surface area contributed by atoms with Gasteiger partial charge in [-0.1, -0.05) is 0 Å². The van der Waals surface area contributed by atoms with Crippen LogP contribution in [0.2, 0.25) is 0 Å². The molecule has 0 aromatic carbocycles. The van der Waals surface area contributed by atoms with Crippen LogP contribution >= 0.6 is 0 Å². The summed E-state index contributed by atoms with van der Waals surface area (Å²) in [5, 5.41) is 10.7. The fourth-order valence-corrected chi connectivity index (χ4v) is 3.37. The molecule has 0 aliphatic carbocycles. The first kappa shape index (κ1) is 17.1. The normalized spacial score (nSPS) is 20.8. The maximum atomic E-state index is 13.0. The van der Waals surface area contributed by atoms with E-state index >= 15 is 0 Å². The second-order valence-corrected chi connectivity index (χ2v) is 6.10. The van der Waals surface area contributed by atoms with Crippen molar-refractivity contribution in [1.82, 2.24) is 29.2 Å². The number of piperidine rings is 1. The van der Waals surface area contributed by atoms with E-state index in [1.165, 1.54) is 0 Å². The predicted octanol–water partition coefficient (Wildman–Crippen LogP) is 0.970. The molecule has 0 saturated carbocycles. The van der Waals surface area contributed by atoms with Gasteiger partial charge < -0.3 is 14.0 Å². The van der Waals surface area contributed by atoms with E-state index in [0.717, 1.165) is 0 Å². The number of likely N-dealkylation sites (tertiary alicyclic amines) is 1. The number of carbonyl (C=O) groups excluding carboxylic acids is 2. The Hall–Kier alpha value is -2.71. The minimum absolute atomic E-state index is 0.0521. The SMILES string of the molecule is CCN1C(=O)CC[C@H](C(=O)Nc2nncn2CC)[C@H]1c1nccn1C. The van der Waals surface area contributed by atoms with E-state index in [4.69, 9.17) is 0 Å². The molecular weight excluding hydrogens is 322 g/mol. The summed E-state index contributed by atoms with van der Waals surface area (Å²) in [6.45, 7) is 5.07. The summed E-state index contributed by atoms with van der Waals surface area (Å²) >= 11 is 0. The van der Waals surface area contributed by atoms with Gasteiger partial charge in [0.25, 0.3) is 0 Å². The molecule has 3 heterocycles. The maximum Gasteiger partial charge on any atom is 0.232 e. The molecule has 1 saturated heterocycles. The number of hydrogen-bond donors (Lipinski definition) is 1. The van der Waals surface area contributed by atoms with Gasteiger partial charge in [0.05, 0.1) is 5.92 Å². The Labute approximate surface area is 146 Å². The number of amides is 2. The molecule has 3 rings (SSSR count). The molecule has 9 nitrogen and oxygen atoms in total. The molecule has 1 fully saturated rings. The van der Waals surface area contributed by atoms with Crippen LogP contribution in [0.1, 0.15) is 38.6 Å². The Morgan fingerprint density at radius 3 is 2.80 bits per heavy atom. The molecule has 0 spiro atoms. The maximum absolute atomic E-state index is 13.0. The number of nitrogens with one attached hydrogen (secondary N) is 1. The highest BCUT2D eigenvalue weighted by atomic mass is 16.2. The summed E-state index contributed by atoms with van der Waals surface area (Å²) in [5.41, 5.74) is 0. The van der Waals surface area contributed by atoms with Crippen molar-refractivity contribution in [2.75, 3.05) is 11.9 Å². The van der Waals surface area contributed by atoms with Gasteiger partial charge in [0.1, 0.15) is 18.2 Å². The number of nitrogens with zero attached hydrogens (tertiary/aromatic N) is 6. The molecule has 25 heavy (non-hydrogen) atoms. The van der Waals surface area contributed by atoms with Gasteiger partial charge in [0, 0.05) is 39.0 Å². The number of aryl methyl sites for hydroxylation is 2. The first-order valence-electron chi connectivity index (χ1n) is 8.52. The standard InChI is InChI=1S/C16H23N7O2/c1-4-22-10-18-20-16(22)19-15(25)11-6-7-12(24)23(5-2)13(11)14-17-8-9-21(14)3/h8-11,13H,4-7H2,1-3H3,(H,19,20,25)/t11-,13-/m0/s1. The van der Waals surface area contributed by atoms with Gasteiger partial charge in [-0.15, -0.1) is 10.2 Å². The van der Waals surface area contributed by atoms with Crippen molar-refractivity contribution in [1.29, 1.82) is 0 Å². The van der Waals surface area contributed by atoms with Gasteiger partial charge >= 0.3 is 0 Å². The average molecular weight is 345 g/mol. The molecule has 0 unspecified atom stereocenters. The van der Waals surface area contributed by atoms with E-state index in [9.17, 15) is 9.59 Å². The van der Waals surface area contributed by atoms with Crippen molar-refractivity contribution in [3.8, 4) is 0 Å². The summed E-state index contributed by atoms with van der Waals surface area (Å²) in [6, 6.07) is -0.385. The van der Waals surface area contributed by atoms with Crippen LogP contribution in [0.3, 0.4) is 0 Å². The van der Waals surface area contributed by atoms with Crippen molar-refractivity contribution in [2.45, 2.75) is 39.3 Å². The van der Waals surface area contributed by atoms with Crippen molar-refractivity contribution < 1.29 is 9.59 Å². The summed E-state index contributed by atoms with van der Waals surface area (Å²) in [4.78, 5) is 31.4. The second kappa shape index (κ2) is 7.04. The number of hydrogen-bond acceptors (Lipinski definition) is 5. The third kappa shape index (κ3) is 3.13. The molecule has 1 aliphatic rings. The van der Waals surface area contributed by atoms with Gasteiger partial charge in [0.2, 0.25) is 17.8 Å². The third-order valence-corrected chi connectivity index (χ3v) is 4.70. The molecule has 134 valence electrons. The molecule has 2 atom stereocenters. The second-order valence-electron chi connectivity index (χ2n) is 6.10. The molecule has 2 aromatic heterocycles. The monoisotopic (exact) mass is 345 g/mol. The lowest BCUT2D eigenvalue weighted by atomic mass is 9.87. The average Bonchev–Trinajstić information content (AvgIpc) is 3.22. The zero-order chi connectivity index (χ0) is 18.0. The van der Waals surface area contributed by atoms with Crippen molar-refractivity contribution >= 4 is 17.8 Å². The van der Waals surface area contributed by atoms with E-state index in [0.29, 0.717) is 37.7 Å². The van der Waals surface area contributed by atoms with E-state index < -0.39 is 0 Å². The number of imidazole rings is 1. The van der Waals surface area contributed by atoms with E-state index in [-0.39, 0.29) is 23.8 Å². The van der Waals surface area contributed by atoms with Crippen molar-refractivity contribution in [2.24, 2.45) is 13.0 Å². The zero-order valence-electron chi connectivity index (χ0n) is 14.7. The lowest BCUT2D eigenvalue weighted by molar-refractivity contribution is -0.142. The number of rotatable bonds is 5. The van der Waals surface area contributed by atoms with Crippen LogP contribution in [-0.4, -0.2) is 47.6 Å². The Bertz CT molecular complexity index is 766. The van der Waals surface area contributed by atoms with E-state index in [2.05, 4.69) is 20.5 Å². The minimum atomic E-state index is -0.388. The van der Waals surface area contributed by atoms with E-state index in [1.807, 2.05) is 31.7 Å². The fourth-order valence-electron chi connectivity index (χ4n) is 3.37. The van der Waals surface area contributed by atoms with Gasteiger partial charge in [-0.05, 0) is 20.3 Å². The van der Waals surface area contributed by atoms with E-state index in [1.54, 1.807) is 22.0 Å². The highest BCUT2D eigenvalue weighted by molar-refractivity contribution is 5.93. The van der Waals surface area contributed by atoms with Crippen LogP contribution in [-0.2, 0) is 23.2 Å². The van der Waals surface area contributed by atoms with Gasteiger partial charge in [0.15, 0.2) is 0 Å². The summed E-state index contributed by atoms with van der Waals surface area (Å²) < 4.78 is 3.62. The Morgan fingerprint density at radius 2 is 2.16 bits per heavy atom. The third-order valence-electron chi connectivity index (χ3n) is 4.70. The van der Waals surface area contributed by atoms with Crippen LogP contribution in [0.4, 0.5) is 5.95 Å². The van der Waals surface area contributed by atoms with Crippen LogP contribution < -0.4 is 5.32 Å². The van der Waals surface area contributed by atoms with Crippen LogP contribution in [0.5, 0.6) is 0 Å². The summed E-state index contributed by atoms with van der Waals surface area (Å²) in [7, 11) is 1.87. The largest absolute Gasteiger partial charge is 0.336 e. The number of aromatic nitrogens is 5. The van der Waals surface area contributed by atoms with Crippen LogP contribution in [0.25, 0.3) is 0 Å². The topological polar surface area (TPSA) is 97.9 Å². The lowest BCUT2D eigenvalue weighted by Gasteiger charge is -2.39. The number of carbonyl (C=O) groups is 2. The smallest absolute Gasteiger partial charge is 0.232 e. The van der Waals surface area contributed by atoms with Gasteiger partial charge in [-0.25, -0.2) is 4.98 Å². The molecule has 0 radical (unpaired) electrons. The molecule has 1 aliphatic heterocycles. The molecular formula is C16H23N7O2. The Kier molecular flexibility index (Phi) is 4.82. The highest BCUT2D eigenvalue weighted by Gasteiger charge is 2.42. The van der Waals surface area contributed by atoms with Crippen LogP contribution in [0, 0.1) is 5.92 Å². The van der Waals surface area contributed by atoms with Gasteiger partial charge in [-0.3, -0.25) is 14.9 Å². The van der Waals surface area contributed by atoms with Crippen molar-refractivity contribution in [3.63, 3.8) is 0 Å². The minimum Gasteiger partial charge on any atom is -0.336 e. The van der Waals surface area contributed by atoms with Crippen molar-refractivity contribution in [3.05, 3.63) is 24.5 Å². The van der Waals surface area contributed by atoms with Crippen LogP contribution in [0.15, 0.2) is 18.7 Å². The first-order chi connectivity index (χ1) is 12.1. The lowest BCUT2D eigenvalue weighted by Crippen LogP contribution is -2.47. The Morgan fingerprint density at radius 1 is 1.36 bits per heavy atom. The zero-order valence-corrected chi connectivity index (χ0v) is 14.7. The Balaban J connectivity index is 1.90. The predicted molar refractivity (Wildman–Crippen MR) is 90.4 cm³/mol. The molecule has 9 heteroatoms.